The highest BCUT2D eigenvalue weighted by Crippen LogP contribution is 2.20. The Kier molecular flexibility index (Phi) is 7.05. The van der Waals surface area contributed by atoms with Gasteiger partial charge in [-0.05, 0) is 25.2 Å². The van der Waals surface area contributed by atoms with Gasteiger partial charge >= 0.3 is 5.97 Å². The second-order valence-electron chi connectivity index (χ2n) is 5.83. The first-order valence-corrected chi connectivity index (χ1v) is 8.70. The summed E-state index contributed by atoms with van der Waals surface area (Å²) in [5, 5.41) is 9.28. The van der Waals surface area contributed by atoms with Gasteiger partial charge in [-0.3, -0.25) is 4.79 Å². The average molecular weight is 322 g/mol. The van der Waals surface area contributed by atoms with E-state index in [0.717, 1.165) is 0 Å². The van der Waals surface area contributed by atoms with E-state index in [1.165, 1.54) is 11.4 Å². The first kappa shape index (κ1) is 18.3. The lowest BCUT2D eigenvalue weighted by atomic mass is 9.99. The quantitative estimate of drug-likeness (QED) is 0.649. The van der Waals surface area contributed by atoms with Crippen LogP contribution < -0.4 is 4.72 Å². The number of esters is 1. The lowest BCUT2D eigenvalue weighted by molar-refractivity contribution is -0.146. The standard InChI is InChI=1S/C13H26N2O5S/c1-10(2)8-12(9-16)14-21(18,19)15-6-4-11(5-7-15)13(17)20-3/h10-12,14,16H,4-9H2,1-3H3. The molecule has 0 amide bonds. The Morgan fingerprint density at radius 1 is 1.38 bits per heavy atom. The van der Waals surface area contributed by atoms with Crippen LogP contribution in [0.1, 0.15) is 33.1 Å². The summed E-state index contributed by atoms with van der Waals surface area (Å²) in [7, 11) is -2.29. The van der Waals surface area contributed by atoms with Gasteiger partial charge in [0, 0.05) is 19.1 Å². The molecule has 2 N–H and O–H groups in total. The molecule has 1 aliphatic heterocycles. The zero-order valence-electron chi connectivity index (χ0n) is 12.9. The van der Waals surface area contributed by atoms with Crippen molar-refractivity contribution in [1.82, 2.24) is 9.03 Å². The minimum absolute atomic E-state index is 0.226. The fraction of sp³-hybridized carbons (Fsp3) is 0.923. The van der Waals surface area contributed by atoms with Gasteiger partial charge in [0.1, 0.15) is 0 Å². The molecule has 1 heterocycles. The molecule has 0 saturated carbocycles. The van der Waals surface area contributed by atoms with Crippen LogP contribution in [0.2, 0.25) is 0 Å². The lowest BCUT2D eigenvalue weighted by Gasteiger charge is -2.31. The second kappa shape index (κ2) is 8.07. The van der Waals surface area contributed by atoms with Crippen LogP contribution in [-0.4, -0.2) is 56.6 Å². The van der Waals surface area contributed by atoms with Crippen LogP contribution in [0.5, 0.6) is 0 Å². The Hall–Kier alpha value is -0.700. The molecule has 1 rings (SSSR count). The predicted octanol–water partition coefficient (Wildman–Crippen LogP) is 0.113. The van der Waals surface area contributed by atoms with Gasteiger partial charge in [0.25, 0.3) is 10.2 Å². The second-order valence-corrected chi connectivity index (χ2v) is 7.53. The number of nitrogens with one attached hydrogen (secondary N) is 1. The van der Waals surface area contributed by atoms with Crippen molar-refractivity contribution in [2.45, 2.75) is 39.2 Å². The zero-order valence-corrected chi connectivity index (χ0v) is 13.7. The van der Waals surface area contributed by atoms with Crippen LogP contribution in [0.4, 0.5) is 0 Å². The molecule has 0 bridgehead atoms. The van der Waals surface area contributed by atoms with Crippen molar-refractivity contribution in [2.75, 3.05) is 26.8 Å². The molecule has 0 aliphatic carbocycles. The van der Waals surface area contributed by atoms with Gasteiger partial charge in [0.05, 0.1) is 19.6 Å². The number of aliphatic hydroxyl groups excluding tert-OH is 1. The van der Waals surface area contributed by atoms with Gasteiger partial charge in [-0.15, -0.1) is 0 Å². The first-order chi connectivity index (χ1) is 9.80. The molecule has 1 atom stereocenters. The van der Waals surface area contributed by atoms with Crippen LogP contribution in [0.15, 0.2) is 0 Å². The van der Waals surface area contributed by atoms with Crippen molar-refractivity contribution in [3.05, 3.63) is 0 Å². The molecule has 1 fully saturated rings. The number of nitrogens with zero attached hydrogens (tertiary/aromatic N) is 1. The molecule has 21 heavy (non-hydrogen) atoms. The zero-order chi connectivity index (χ0) is 16.0. The molecule has 0 aromatic carbocycles. The van der Waals surface area contributed by atoms with Crippen molar-refractivity contribution in [1.29, 1.82) is 0 Å². The monoisotopic (exact) mass is 322 g/mol. The molecule has 0 spiro atoms. The number of carbonyl (C=O) groups excluding carboxylic acids is 1. The van der Waals surface area contributed by atoms with Crippen molar-refractivity contribution in [2.24, 2.45) is 11.8 Å². The number of hydrogen-bond donors (Lipinski definition) is 2. The average Bonchev–Trinajstić information content (AvgIpc) is 2.45. The molecule has 1 unspecified atom stereocenters. The van der Waals surface area contributed by atoms with Crippen LogP contribution in [0.25, 0.3) is 0 Å². The summed E-state index contributed by atoms with van der Waals surface area (Å²) in [4.78, 5) is 11.4. The predicted molar refractivity (Wildman–Crippen MR) is 78.7 cm³/mol. The Labute approximate surface area is 126 Å². The molecule has 0 radical (unpaired) electrons. The van der Waals surface area contributed by atoms with Crippen LogP contribution in [0.3, 0.4) is 0 Å². The summed E-state index contributed by atoms with van der Waals surface area (Å²) >= 11 is 0. The Morgan fingerprint density at radius 2 is 1.95 bits per heavy atom. The summed E-state index contributed by atoms with van der Waals surface area (Å²) in [5.74, 6) is -0.228. The number of rotatable bonds is 7. The summed E-state index contributed by atoms with van der Waals surface area (Å²) < 4.78 is 33.1. The molecule has 0 aromatic rings. The molecule has 0 aromatic heterocycles. The number of aliphatic hydroxyl groups is 1. The van der Waals surface area contributed by atoms with E-state index in [9.17, 15) is 18.3 Å². The van der Waals surface area contributed by atoms with E-state index in [-0.39, 0.29) is 37.5 Å². The molecular formula is C13H26N2O5S. The van der Waals surface area contributed by atoms with Crippen molar-refractivity contribution < 1.29 is 23.1 Å². The van der Waals surface area contributed by atoms with Crippen molar-refractivity contribution in [3.8, 4) is 0 Å². The molecule has 7 nitrogen and oxygen atoms in total. The fourth-order valence-electron chi connectivity index (χ4n) is 2.51. The highest BCUT2D eigenvalue weighted by Gasteiger charge is 2.32. The topological polar surface area (TPSA) is 95.9 Å². The van der Waals surface area contributed by atoms with E-state index in [0.29, 0.717) is 19.3 Å². The highest BCUT2D eigenvalue weighted by atomic mass is 32.2. The van der Waals surface area contributed by atoms with Gasteiger partial charge < -0.3 is 9.84 Å². The van der Waals surface area contributed by atoms with Crippen molar-refractivity contribution >= 4 is 16.2 Å². The molecular weight excluding hydrogens is 296 g/mol. The first-order valence-electron chi connectivity index (χ1n) is 7.26. The SMILES string of the molecule is COC(=O)C1CCN(S(=O)(=O)NC(CO)CC(C)C)CC1. The van der Waals surface area contributed by atoms with E-state index < -0.39 is 16.3 Å². The number of piperidine rings is 1. The maximum Gasteiger partial charge on any atom is 0.308 e. The van der Waals surface area contributed by atoms with Gasteiger partial charge in [-0.1, -0.05) is 13.8 Å². The van der Waals surface area contributed by atoms with E-state index >= 15 is 0 Å². The van der Waals surface area contributed by atoms with E-state index in [1.54, 1.807) is 0 Å². The third-order valence-corrected chi connectivity index (χ3v) is 5.30. The summed E-state index contributed by atoms with van der Waals surface area (Å²) in [6.07, 6.45) is 1.50. The summed E-state index contributed by atoms with van der Waals surface area (Å²) in [6, 6.07) is -0.478. The third-order valence-electron chi connectivity index (χ3n) is 3.62. The molecule has 8 heteroatoms. The van der Waals surface area contributed by atoms with Gasteiger partial charge in [0.2, 0.25) is 0 Å². The molecule has 124 valence electrons. The normalized spacial score (nSPS) is 19.7. The van der Waals surface area contributed by atoms with Gasteiger partial charge in [0.15, 0.2) is 0 Å². The number of ether oxygens (including phenoxy) is 1. The fourth-order valence-corrected chi connectivity index (χ4v) is 3.95. The number of methoxy groups -OCH3 is 1. The van der Waals surface area contributed by atoms with E-state index in [4.69, 9.17) is 0 Å². The largest absolute Gasteiger partial charge is 0.469 e. The maximum atomic E-state index is 12.3. The summed E-state index contributed by atoms with van der Waals surface area (Å²) in [6.45, 7) is 4.29. The third kappa shape index (κ3) is 5.54. The summed E-state index contributed by atoms with van der Waals surface area (Å²) in [5.41, 5.74) is 0. The Morgan fingerprint density at radius 3 is 2.38 bits per heavy atom. The number of carbonyl (C=O) groups is 1. The van der Waals surface area contributed by atoms with Gasteiger partial charge in [-0.2, -0.15) is 17.4 Å². The Balaban J connectivity index is 2.58. The van der Waals surface area contributed by atoms with Crippen LogP contribution >= 0.6 is 0 Å². The minimum atomic E-state index is -3.62. The van der Waals surface area contributed by atoms with Crippen LogP contribution in [0, 0.1) is 11.8 Å². The maximum absolute atomic E-state index is 12.3. The smallest absolute Gasteiger partial charge is 0.308 e. The lowest BCUT2D eigenvalue weighted by Crippen LogP contribution is -2.50. The van der Waals surface area contributed by atoms with E-state index in [1.807, 2.05) is 13.8 Å². The van der Waals surface area contributed by atoms with Gasteiger partial charge in [-0.25, -0.2) is 0 Å². The highest BCUT2D eigenvalue weighted by molar-refractivity contribution is 7.87. The molecule has 1 saturated heterocycles. The Bertz CT molecular complexity index is 430. The molecule has 1 aliphatic rings. The van der Waals surface area contributed by atoms with E-state index in [2.05, 4.69) is 9.46 Å². The van der Waals surface area contributed by atoms with Crippen LogP contribution in [-0.2, 0) is 19.7 Å². The number of hydrogen-bond acceptors (Lipinski definition) is 5. The van der Waals surface area contributed by atoms with Crippen molar-refractivity contribution in [3.63, 3.8) is 0 Å². The minimum Gasteiger partial charge on any atom is -0.469 e.